The van der Waals surface area contributed by atoms with Crippen LogP contribution >= 0.6 is 22.6 Å². The van der Waals surface area contributed by atoms with Crippen LogP contribution in [0.2, 0.25) is 0 Å². The van der Waals surface area contributed by atoms with Gasteiger partial charge in [0.2, 0.25) is 0 Å². The summed E-state index contributed by atoms with van der Waals surface area (Å²) in [5, 5.41) is 11.3. The lowest BCUT2D eigenvalue weighted by molar-refractivity contribution is 1.06. The second-order valence-electron chi connectivity index (χ2n) is 4.54. The molecule has 0 atom stereocenters. The number of rotatable bonds is 2. The second-order valence-corrected chi connectivity index (χ2v) is 5.62. The van der Waals surface area contributed by atoms with Gasteiger partial charge in [-0.3, -0.25) is 0 Å². The number of pyridine rings is 1. The van der Waals surface area contributed by atoms with E-state index in [1.807, 2.05) is 42.5 Å². The number of benzene rings is 2. The molecule has 0 radical (unpaired) electrons. The van der Waals surface area contributed by atoms with Crippen molar-refractivity contribution in [3.05, 3.63) is 75.1 Å². The van der Waals surface area contributed by atoms with Gasteiger partial charge in [-0.05, 0) is 33.5 Å². The summed E-state index contributed by atoms with van der Waals surface area (Å²) in [4.78, 5) is 4.55. The van der Waals surface area contributed by atoms with Gasteiger partial charge in [0.15, 0.2) is 0 Å². The fourth-order valence-electron chi connectivity index (χ4n) is 2.27. The molecule has 0 aliphatic heterocycles. The summed E-state index contributed by atoms with van der Waals surface area (Å²) in [6, 6.07) is 20.4. The quantitative estimate of drug-likeness (QED) is 0.631. The third-order valence-electron chi connectivity index (χ3n) is 3.24. The van der Waals surface area contributed by atoms with E-state index in [1.54, 1.807) is 0 Å². The largest absolute Gasteiger partial charge is 0.240 e. The molecule has 0 saturated carbocycles. The number of hydrogen-bond donors (Lipinski definition) is 0. The summed E-state index contributed by atoms with van der Waals surface area (Å²) >= 11 is 2.33. The molecule has 0 saturated heterocycles. The third-order valence-corrected chi connectivity index (χ3v) is 4.44. The van der Waals surface area contributed by atoms with E-state index in [-0.39, 0.29) is 0 Å². The van der Waals surface area contributed by atoms with E-state index < -0.39 is 0 Å². The van der Waals surface area contributed by atoms with Gasteiger partial charge in [0.05, 0.1) is 5.69 Å². The SMILES string of the molecule is N#Cc1nc(Cc2ccccc2)c(I)c2ccccc12. The van der Waals surface area contributed by atoms with Gasteiger partial charge in [0, 0.05) is 15.4 Å². The zero-order valence-electron chi connectivity index (χ0n) is 10.7. The lowest BCUT2D eigenvalue weighted by Gasteiger charge is -2.09. The fraction of sp³-hybridized carbons (Fsp3) is 0.0588. The first kappa shape index (κ1) is 13.1. The Morgan fingerprint density at radius 1 is 0.950 bits per heavy atom. The number of nitrogens with zero attached hydrogens (tertiary/aromatic N) is 2. The minimum absolute atomic E-state index is 0.506. The topological polar surface area (TPSA) is 36.7 Å². The van der Waals surface area contributed by atoms with Crippen LogP contribution in [0, 0.1) is 14.9 Å². The van der Waals surface area contributed by atoms with Crippen molar-refractivity contribution in [3.8, 4) is 6.07 Å². The van der Waals surface area contributed by atoms with Gasteiger partial charge >= 0.3 is 0 Å². The smallest absolute Gasteiger partial charge is 0.148 e. The molecular formula is C17H11IN2. The minimum Gasteiger partial charge on any atom is -0.240 e. The van der Waals surface area contributed by atoms with Crippen LogP contribution < -0.4 is 0 Å². The molecule has 0 bridgehead atoms. The Labute approximate surface area is 131 Å². The Morgan fingerprint density at radius 3 is 2.30 bits per heavy atom. The summed E-state index contributed by atoms with van der Waals surface area (Å²) in [5.74, 6) is 0. The van der Waals surface area contributed by atoms with Crippen LogP contribution in [0.15, 0.2) is 54.6 Å². The standard InChI is InChI=1S/C17H11IN2/c18-17-14-9-5-4-8-13(14)16(11-19)20-15(17)10-12-6-2-1-3-7-12/h1-9H,10H2. The van der Waals surface area contributed by atoms with Crippen molar-refractivity contribution in [1.29, 1.82) is 5.26 Å². The average molecular weight is 370 g/mol. The Hall–Kier alpha value is -1.93. The molecule has 0 spiro atoms. The number of fused-ring (bicyclic) bond motifs is 1. The maximum atomic E-state index is 9.30. The predicted molar refractivity (Wildman–Crippen MR) is 88.4 cm³/mol. The van der Waals surface area contributed by atoms with Gasteiger partial charge in [-0.1, -0.05) is 54.6 Å². The second kappa shape index (κ2) is 5.59. The summed E-state index contributed by atoms with van der Waals surface area (Å²) in [5.41, 5.74) is 2.68. The van der Waals surface area contributed by atoms with Crippen molar-refractivity contribution < 1.29 is 0 Å². The summed E-state index contributed by atoms with van der Waals surface area (Å²) in [7, 11) is 0. The first-order valence-electron chi connectivity index (χ1n) is 6.30. The normalized spacial score (nSPS) is 10.4. The Kier molecular flexibility index (Phi) is 3.66. The van der Waals surface area contributed by atoms with Gasteiger partial charge in [-0.15, -0.1) is 0 Å². The van der Waals surface area contributed by atoms with E-state index in [0.29, 0.717) is 5.69 Å². The molecule has 1 heterocycles. The zero-order valence-corrected chi connectivity index (χ0v) is 12.8. The number of hydrogen-bond acceptors (Lipinski definition) is 2. The molecule has 0 fully saturated rings. The predicted octanol–water partition coefficient (Wildman–Crippen LogP) is 4.30. The Morgan fingerprint density at radius 2 is 1.60 bits per heavy atom. The van der Waals surface area contributed by atoms with Crippen molar-refractivity contribution in [3.63, 3.8) is 0 Å². The molecule has 0 amide bonds. The molecule has 2 nitrogen and oxygen atoms in total. The molecular weight excluding hydrogens is 359 g/mol. The van der Waals surface area contributed by atoms with E-state index in [4.69, 9.17) is 0 Å². The van der Waals surface area contributed by atoms with Crippen LogP contribution in [0.4, 0.5) is 0 Å². The highest BCUT2D eigenvalue weighted by molar-refractivity contribution is 14.1. The monoisotopic (exact) mass is 370 g/mol. The molecule has 0 aliphatic carbocycles. The first-order valence-corrected chi connectivity index (χ1v) is 7.38. The van der Waals surface area contributed by atoms with E-state index >= 15 is 0 Å². The van der Waals surface area contributed by atoms with E-state index in [1.165, 1.54) is 5.56 Å². The zero-order chi connectivity index (χ0) is 13.9. The molecule has 20 heavy (non-hydrogen) atoms. The molecule has 1 aromatic heterocycles. The van der Waals surface area contributed by atoms with Crippen molar-refractivity contribution in [2.24, 2.45) is 0 Å². The highest BCUT2D eigenvalue weighted by atomic mass is 127. The number of halogens is 1. The summed E-state index contributed by atoms with van der Waals surface area (Å²) in [6.07, 6.45) is 0.749. The van der Waals surface area contributed by atoms with Crippen LogP contribution in [-0.2, 0) is 6.42 Å². The van der Waals surface area contributed by atoms with Crippen LogP contribution in [0.3, 0.4) is 0 Å². The number of nitriles is 1. The van der Waals surface area contributed by atoms with Gasteiger partial charge in [0.1, 0.15) is 11.8 Å². The summed E-state index contributed by atoms with van der Waals surface area (Å²) in [6.45, 7) is 0. The van der Waals surface area contributed by atoms with Gasteiger partial charge in [-0.2, -0.15) is 5.26 Å². The molecule has 3 heteroatoms. The van der Waals surface area contributed by atoms with Crippen molar-refractivity contribution in [1.82, 2.24) is 4.98 Å². The van der Waals surface area contributed by atoms with Crippen molar-refractivity contribution >= 4 is 33.4 Å². The molecule has 0 N–H and O–H groups in total. The van der Waals surface area contributed by atoms with Crippen molar-refractivity contribution in [2.45, 2.75) is 6.42 Å². The van der Waals surface area contributed by atoms with Gasteiger partial charge in [0.25, 0.3) is 0 Å². The maximum Gasteiger partial charge on any atom is 0.148 e. The molecule has 3 rings (SSSR count). The van der Waals surface area contributed by atoms with E-state index in [9.17, 15) is 5.26 Å². The third kappa shape index (κ3) is 2.39. The van der Waals surface area contributed by atoms with Crippen LogP contribution in [0.5, 0.6) is 0 Å². The number of aromatic nitrogens is 1. The van der Waals surface area contributed by atoms with Gasteiger partial charge < -0.3 is 0 Å². The molecule has 0 unspecified atom stereocenters. The lowest BCUT2D eigenvalue weighted by Crippen LogP contribution is -2.00. The molecule has 96 valence electrons. The fourth-order valence-corrected chi connectivity index (χ4v) is 3.05. The molecule has 3 aromatic rings. The van der Waals surface area contributed by atoms with E-state index in [0.717, 1.165) is 26.5 Å². The lowest BCUT2D eigenvalue weighted by atomic mass is 10.0. The summed E-state index contributed by atoms with van der Waals surface area (Å²) < 4.78 is 1.13. The van der Waals surface area contributed by atoms with E-state index in [2.05, 4.69) is 45.8 Å². The van der Waals surface area contributed by atoms with Crippen LogP contribution in [0.25, 0.3) is 10.8 Å². The molecule has 2 aromatic carbocycles. The average Bonchev–Trinajstić information content (AvgIpc) is 2.51. The first-order chi connectivity index (χ1) is 9.79. The van der Waals surface area contributed by atoms with Crippen molar-refractivity contribution in [2.75, 3.05) is 0 Å². The highest BCUT2D eigenvalue weighted by Gasteiger charge is 2.11. The Bertz CT molecular complexity index is 804. The van der Waals surface area contributed by atoms with Crippen LogP contribution in [0.1, 0.15) is 17.0 Å². The van der Waals surface area contributed by atoms with Gasteiger partial charge in [-0.25, -0.2) is 4.98 Å². The Balaban J connectivity index is 2.17. The molecule has 0 aliphatic rings. The minimum atomic E-state index is 0.506. The maximum absolute atomic E-state index is 9.30. The van der Waals surface area contributed by atoms with Crippen LogP contribution in [-0.4, -0.2) is 4.98 Å². The highest BCUT2D eigenvalue weighted by Crippen LogP contribution is 2.26.